The molecule has 0 saturated carbocycles. The molecule has 1 aromatic carbocycles. The summed E-state index contributed by atoms with van der Waals surface area (Å²) < 4.78 is 26.8. The summed E-state index contributed by atoms with van der Waals surface area (Å²) in [5.74, 6) is -1.91. The van der Waals surface area contributed by atoms with Crippen LogP contribution in [-0.2, 0) is 0 Å². The van der Waals surface area contributed by atoms with Gasteiger partial charge in [0, 0.05) is 11.8 Å². The Morgan fingerprint density at radius 3 is 2.41 bits per heavy atom. The van der Waals surface area contributed by atoms with E-state index in [1.807, 2.05) is 13.2 Å². The Labute approximate surface area is 102 Å². The Bertz CT molecular complexity index is 406. The van der Waals surface area contributed by atoms with Crippen LogP contribution in [0.15, 0.2) is 12.1 Å². The first-order valence-corrected chi connectivity index (χ1v) is 6.14. The second kappa shape index (κ2) is 5.81. The largest absolute Gasteiger partial charge is 0.379 e. The van der Waals surface area contributed by atoms with E-state index < -0.39 is 22.2 Å². The van der Waals surface area contributed by atoms with Crippen molar-refractivity contribution in [3.63, 3.8) is 0 Å². The van der Waals surface area contributed by atoms with E-state index in [9.17, 15) is 18.9 Å². The lowest BCUT2D eigenvalue weighted by atomic mass is 10.2. The van der Waals surface area contributed by atoms with Gasteiger partial charge in [0.1, 0.15) is 5.69 Å². The molecule has 0 heterocycles. The number of anilines is 1. The maximum Gasteiger partial charge on any atom is 0.275 e. The molecule has 0 aliphatic carbocycles. The van der Waals surface area contributed by atoms with Crippen molar-refractivity contribution in [3.05, 3.63) is 33.9 Å². The highest BCUT2D eigenvalue weighted by Crippen LogP contribution is 2.25. The van der Waals surface area contributed by atoms with E-state index in [1.165, 1.54) is 0 Å². The summed E-state index contributed by atoms with van der Waals surface area (Å²) in [6.07, 6.45) is 1.88. The number of hydrogen-bond donors (Lipinski definition) is 1. The van der Waals surface area contributed by atoms with E-state index in [2.05, 4.69) is 5.32 Å². The molecule has 1 aromatic rings. The fraction of sp³-hybridized carbons (Fsp3) is 0.400. The quantitative estimate of drug-likeness (QED) is 0.654. The van der Waals surface area contributed by atoms with Crippen LogP contribution in [-0.4, -0.2) is 23.0 Å². The molecule has 1 N–H and O–H groups in total. The van der Waals surface area contributed by atoms with Gasteiger partial charge < -0.3 is 5.32 Å². The zero-order chi connectivity index (χ0) is 13.0. The maximum absolute atomic E-state index is 13.4. The Morgan fingerprint density at radius 1 is 1.47 bits per heavy atom. The maximum atomic E-state index is 13.4. The first kappa shape index (κ1) is 13.7. The van der Waals surface area contributed by atoms with Gasteiger partial charge in [0.2, 0.25) is 0 Å². The molecule has 17 heavy (non-hydrogen) atoms. The summed E-state index contributed by atoms with van der Waals surface area (Å²) in [5.41, 5.74) is -0.917. The average molecular weight is 262 g/mol. The van der Waals surface area contributed by atoms with Gasteiger partial charge in [0.05, 0.1) is 17.1 Å². The fourth-order valence-corrected chi connectivity index (χ4v) is 1.41. The summed E-state index contributed by atoms with van der Waals surface area (Å²) in [5, 5.41) is 13.2. The standard InChI is InChI=1S/C10H12F2N2O2S/c1-6(17-2)5-13-10-8(11)3-7(14(15)16)4-9(10)12/h3-4,6,13H,5H2,1-2H3. The summed E-state index contributed by atoms with van der Waals surface area (Å²) in [4.78, 5) is 9.54. The molecule has 0 amide bonds. The van der Waals surface area contributed by atoms with Gasteiger partial charge in [-0.3, -0.25) is 10.1 Å². The Kier molecular flexibility index (Phi) is 4.68. The molecule has 0 fully saturated rings. The summed E-state index contributed by atoms with van der Waals surface area (Å²) in [6.45, 7) is 2.28. The van der Waals surface area contributed by atoms with Crippen molar-refractivity contribution < 1.29 is 13.7 Å². The van der Waals surface area contributed by atoms with Crippen LogP contribution in [0.1, 0.15) is 6.92 Å². The van der Waals surface area contributed by atoms with Crippen molar-refractivity contribution >= 4 is 23.1 Å². The molecule has 0 radical (unpaired) electrons. The number of hydrogen-bond acceptors (Lipinski definition) is 4. The van der Waals surface area contributed by atoms with Crippen LogP contribution >= 0.6 is 11.8 Å². The molecule has 0 aliphatic heterocycles. The van der Waals surface area contributed by atoms with Crippen LogP contribution in [0, 0.1) is 21.7 Å². The number of benzene rings is 1. The van der Waals surface area contributed by atoms with Crippen LogP contribution < -0.4 is 5.32 Å². The van der Waals surface area contributed by atoms with E-state index in [-0.39, 0.29) is 10.9 Å². The molecule has 1 rings (SSSR count). The van der Waals surface area contributed by atoms with Crippen molar-refractivity contribution in [1.29, 1.82) is 0 Å². The highest BCUT2D eigenvalue weighted by Gasteiger charge is 2.17. The zero-order valence-corrected chi connectivity index (χ0v) is 10.2. The van der Waals surface area contributed by atoms with Crippen LogP contribution in [0.5, 0.6) is 0 Å². The number of nitrogens with zero attached hydrogens (tertiary/aromatic N) is 1. The number of nitrogens with one attached hydrogen (secondary N) is 1. The number of nitro benzene ring substituents is 1. The normalized spacial score (nSPS) is 12.2. The minimum Gasteiger partial charge on any atom is -0.379 e. The predicted octanol–water partition coefficient (Wildman–Crippen LogP) is 3.04. The lowest BCUT2D eigenvalue weighted by Crippen LogP contribution is -2.14. The van der Waals surface area contributed by atoms with E-state index >= 15 is 0 Å². The van der Waals surface area contributed by atoms with Crippen LogP contribution in [0.3, 0.4) is 0 Å². The molecular weight excluding hydrogens is 250 g/mol. The fourth-order valence-electron chi connectivity index (χ4n) is 1.16. The molecule has 0 aliphatic rings. The summed E-state index contributed by atoms with van der Waals surface area (Å²) >= 11 is 1.55. The SMILES string of the molecule is CSC(C)CNc1c(F)cc([N+](=O)[O-])cc1F. The molecule has 4 nitrogen and oxygen atoms in total. The molecule has 0 bridgehead atoms. The molecule has 1 unspecified atom stereocenters. The van der Waals surface area contributed by atoms with Gasteiger partial charge in [0.25, 0.3) is 5.69 Å². The highest BCUT2D eigenvalue weighted by molar-refractivity contribution is 7.99. The lowest BCUT2D eigenvalue weighted by molar-refractivity contribution is -0.385. The highest BCUT2D eigenvalue weighted by atomic mass is 32.2. The van der Waals surface area contributed by atoms with Gasteiger partial charge in [-0.25, -0.2) is 8.78 Å². The number of rotatable bonds is 5. The molecular formula is C10H12F2N2O2S. The topological polar surface area (TPSA) is 55.2 Å². The minimum absolute atomic E-state index is 0.184. The van der Waals surface area contributed by atoms with Crippen molar-refractivity contribution in [3.8, 4) is 0 Å². The number of non-ortho nitro benzene ring substituents is 1. The van der Waals surface area contributed by atoms with Gasteiger partial charge in [-0.2, -0.15) is 11.8 Å². The van der Waals surface area contributed by atoms with Crippen LogP contribution in [0.2, 0.25) is 0 Å². The van der Waals surface area contributed by atoms with Crippen molar-refractivity contribution in [1.82, 2.24) is 0 Å². The van der Waals surface area contributed by atoms with Crippen molar-refractivity contribution in [2.75, 3.05) is 18.1 Å². The first-order valence-electron chi connectivity index (χ1n) is 4.85. The van der Waals surface area contributed by atoms with Gasteiger partial charge in [-0.15, -0.1) is 0 Å². The Hall–Kier alpha value is -1.37. The molecule has 7 heteroatoms. The van der Waals surface area contributed by atoms with Gasteiger partial charge in [0.15, 0.2) is 11.6 Å². The minimum atomic E-state index is -0.954. The smallest absolute Gasteiger partial charge is 0.275 e. The molecule has 0 saturated heterocycles. The lowest BCUT2D eigenvalue weighted by Gasteiger charge is -2.12. The molecule has 0 aromatic heterocycles. The van der Waals surface area contributed by atoms with Crippen LogP contribution in [0.4, 0.5) is 20.2 Å². The second-order valence-electron chi connectivity index (χ2n) is 3.47. The Balaban J connectivity index is 2.90. The summed E-state index contributed by atoms with van der Waals surface area (Å²) in [7, 11) is 0. The number of nitro groups is 1. The van der Waals surface area contributed by atoms with Crippen molar-refractivity contribution in [2.45, 2.75) is 12.2 Å². The number of halogens is 2. The van der Waals surface area contributed by atoms with Gasteiger partial charge >= 0.3 is 0 Å². The molecule has 1 atom stereocenters. The van der Waals surface area contributed by atoms with E-state index in [4.69, 9.17) is 0 Å². The molecule has 94 valence electrons. The average Bonchev–Trinajstić information content (AvgIpc) is 2.27. The third kappa shape index (κ3) is 3.55. The van der Waals surface area contributed by atoms with Crippen molar-refractivity contribution in [2.24, 2.45) is 0 Å². The van der Waals surface area contributed by atoms with Gasteiger partial charge in [-0.05, 0) is 6.26 Å². The van der Waals surface area contributed by atoms with E-state index in [0.29, 0.717) is 18.7 Å². The van der Waals surface area contributed by atoms with Gasteiger partial charge in [-0.1, -0.05) is 6.92 Å². The third-order valence-corrected chi connectivity index (χ3v) is 3.18. The predicted molar refractivity (Wildman–Crippen MR) is 64.5 cm³/mol. The molecule has 0 spiro atoms. The third-order valence-electron chi connectivity index (χ3n) is 2.21. The van der Waals surface area contributed by atoms with E-state index in [0.717, 1.165) is 0 Å². The van der Waals surface area contributed by atoms with E-state index in [1.54, 1.807) is 11.8 Å². The first-order chi connectivity index (χ1) is 7.95. The monoisotopic (exact) mass is 262 g/mol. The Morgan fingerprint density at radius 2 is 2.00 bits per heavy atom. The second-order valence-corrected chi connectivity index (χ2v) is 4.74. The summed E-state index contributed by atoms with van der Waals surface area (Å²) in [6, 6.07) is 1.41. The van der Waals surface area contributed by atoms with Crippen LogP contribution in [0.25, 0.3) is 0 Å². The zero-order valence-electron chi connectivity index (χ0n) is 9.37. The number of thioether (sulfide) groups is 1.